The first-order valence-electron chi connectivity index (χ1n) is 8.61. The minimum absolute atomic E-state index is 0.208. The van der Waals surface area contributed by atoms with Crippen molar-refractivity contribution < 1.29 is 23.4 Å². The van der Waals surface area contributed by atoms with E-state index in [4.69, 9.17) is 18.6 Å². The summed E-state index contributed by atoms with van der Waals surface area (Å²) in [4.78, 5) is 24.1. The first-order chi connectivity index (χ1) is 13.4. The maximum absolute atomic E-state index is 12.2. The fourth-order valence-corrected chi connectivity index (χ4v) is 2.74. The highest BCUT2D eigenvalue weighted by Gasteiger charge is 2.10. The molecule has 7 nitrogen and oxygen atoms in total. The number of hydrogen-bond donors (Lipinski definition) is 1. The molecular weight excluding hydrogens is 362 g/mol. The van der Waals surface area contributed by atoms with Crippen LogP contribution < -0.4 is 25.2 Å². The second kappa shape index (κ2) is 8.04. The molecular formula is C21H21NO6. The Bertz CT molecular complexity index is 1060. The van der Waals surface area contributed by atoms with Crippen molar-refractivity contribution in [1.29, 1.82) is 0 Å². The number of carbonyl (C=O) groups is 1. The van der Waals surface area contributed by atoms with Crippen molar-refractivity contribution in [3.8, 4) is 17.2 Å². The molecule has 1 aromatic heterocycles. The van der Waals surface area contributed by atoms with Gasteiger partial charge < -0.3 is 23.9 Å². The number of benzene rings is 2. The summed E-state index contributed by atoms with van der Waals surface area (Å²) in [6.07, 6.45) is 0. The number of hydrogen-bond acceptors (Lipinski definition) is 6. The number of nitrogens with one attached hydrogen (secondary N) is 1. The molecule has 0 spiro atoms. The molecule has 7 heteroatoms. The van der Waals surface area contributed by atoms with Crippen molar-refractivity contribution in [2.24, 2.45) is 0 Å². The first-order valence-corrected chi connectivity index (χ1v) is 8.61. The molecule has 0 aliphatic carbocycles. The number of aryl methyl sites for hydroxylation is 1. The number of carbonyl (C=O) groups excluding carboxylic acids is 1. The lowest BCUT2D eigenvalue weighted by molar-refractivity contribution is -0.118. The van der Waals surface area contributed by atoms with Gasteiger partial charge in [-0.05, 0) is 31.5 Å². The normalized spacial score (nSPS) is 10.6. The summed E-state index contributed by atoms with van der Waals surface area (Å²) in [5.41, 5.74) is 2.01. The third-order valence-corrected chi connectivity index (χ3v) is 4.43. The van der Waals surface area contributed by atoms with E-state index in [1.54, 1.807) is 43.3 Å². The Morgan fingerprint density at radius 3 is 2.29 bits per heavy atom. The van der Waals surface area contributed by atoms with Crippen LogP contribution in [0.25, 0.3) is 11.0 Å². The predicted molar refractivity (Wildman–Crippen MR) is 106 cm³/mol. The number of rotatable bonds is 6. The van der Waals surface area contributed by atoms with Gasteiger partial charge in [0.25, 0.3) is 5.91 Å². The fourth-order valence-electron chi connectivity index (χ4n) is 2.74. The van der Waals surface area contributed by atoms with Crippen LogP contribution in [0.3, 0.4) is 0 Å². The van der Waals surface area contributed by atoms with Crippen LogP contribution >= 0.6 is 0 Å². The average Bonchev–Trinajstić information content (AvgIpc) is 2.70. The van der Waals surface area contributed by atoms with Crippen LogP contribution in [0, 0.1) is 13.8 Å². The fraction of sp³-hybridized carbons (Fsp3) is 0.238. The smallest absolute Gasteiger partial charge is 0.339 e. The molecule has 0 aliphatic rings. The molecule has 1 amide bonds. The Kier molecular flexibility index (Phi) is 5.54. The van der Waals surface area contributed by atoms with Crippen LogP contribution in [0.15, 0.2) is 45.6 Å². The Morgan fingerprint density at radius 2 is 1.64 bits per heavy atom. The minimum Gasteiger partial charge on any atom is -0.497 e. The third-order valence-electron chi connectivity index (χ3n) is 4.43. The number of amides is 1. The predicted octanol–water partition coefficient (Wildman–Crippen LogP) is 3.44. The molecule has 0 bridgehead atoms. The summed E-state index contributed by atoms with van der Waals surface area (Å²) in [6.45, 7) is 3.38. The zero-order valence-corrected chi connectivity index (χ0v) is 16.1. The zero-order valence-electron chi connectivity index (χ0n) is 16.1. The van der Waals surface area contributed by atoms with Crippen molar-refractivity contribution in [1.82, 2.24) is 0 Å². The Labute approximate surface area is 161 Å². The summed E-state index contributed by atoms with van der Waals surface area (Å²) >= 11 is 0. The first kappa shape index (κ1) is 19.3. The van der Waals surface area contributed by atoms with Crippen molar-refractivity contribution in [3.63, 3.8) is 0 Å². The molecule has 0 unspecified atom stereocenters. The van der Waals surface area contributed by atoms with E-state index in [-0.39, 0.29) is 18.1 Å². The van der Waals surface area contributed by atoms with Gasteiger partial charge in [-0.25, -0.2) is 4.79 Å². The molecule has 0 radical (unpaired) electrons. The SMILES string of the molecule is COc1cc(NC(=O)COc2ccc3c(C)c(C)c(=O)oc3c2)cc(OC)c1. The van der Waals surface area contributed by atoms with E-state index in [9.17, 15) is 9.59 Å². The molecule has 0 atom stereocenters. The highest BCUT2D eigenvalue weighted by molar-refractivity contribution is 5.92. The van der Waals surface area contributed by atoms with Crippen LogP contribution in [0.2, 0.25) is 0 Å². The summed E-state index contributed by atoms with van der Waals surface area (Å²) in [7, 11) is 3.07. The van der Waals surface area contributed by atoms with Gasteiger partial charge in [0, 0.05) is 40.9 Å². The van der Waals surface area contributed by atoms with Crippen molar-refractivity contribution in [2.75, 3.05) is 26.1 Å². The summed E-state index contributed by atoms with van der Waals surface area (Å²) < 4.78 is 21.2. The largest absolute Gasteiger partial charge is 0.497 e. The van der Waals surface area contributed by atoms with Gasteiger partial charge in [0.05, 0.1) is 14.2 Å². The lowest BCUT2D eigenvalue weighted by Gasteiger charge is -2.11. The minimum atomic E-state index is -0.383. The molecule has 28 heavy (non-hydrogen) atoms. The van der Waals surface area contributed by atoms with E-state index in [0.717, 1.165) is 10.9 Å². The summed E-state index contributed by atoms with van der Waals surface area (Å²) in [5.74, 6) is 1.20. The van der Waals surface area contributed by atoms with Gasteiger partial charge in [-0.2, -0.15) is 0 Å². The van der Waals surface area contributed by atoms with Gasteiger partial charge in [0.2, 0.25) is 0 Å². The van der Waals surface area contributed by atoms with Crippen LogP contribution in [-0.4, -0.2) is 26.7 Å². The number of methoxy groups -OCH3 is 2. The van der Waals surface area contributed by atoms with Gasteiger partial charge >= 0.3 is 5.63 Å². The van der Waals surface area contributed by atoms with Crippen molar-refractivity contribution in [3.05, 3.63) is 57.9 Å². The standard InChI is InChI=1S/C21H21NO6/c1-12-13(2)21(24)28-19-10-15(5-6-18(12)19)27-11-20(23)22-14-7-16(25-3)9-17(8-14)26-4/h5-10H,11H2,1-4H3,(H,22,23). The van der Waals surface area contributed by atoms with Crippen LogP contribution in [0.4, 0.5) is 5.69 Å². The molecule has 1 N–H and O–H groups in total. The lowest BCUT2D eigenvalue weighted by atomic mass is 10.1. The second-order valence-electron chi connectivity index (χ2n) is 6.24. The maximum atomic E-state index is 12.2. The van der Waals surface area contributed by atoms with E-state index in [1.807, 2.05) is 6.92 Å². The van der Waals surface area contributed by atoms with E-state index < -0.39 is 0 Å². The maximum Gasteiger partial charge on any atom is 0.339 e. The van der Waals surface area contributed by atoms with Gasteiger partial charge in [-0.1, -0.05) is 0 Å². The topological polar surface area (TPSA) is 87.0 Å². The third kappa shape index (κ3) is 4.09. The van der Waals surface area contributed by atoms with Crippen molar-refractivity contribution in [2.45, 2.75) is 13.8 Å². The van der Waals surface area contributed by atoms with Gasteiger partial charge in [-0.3, -0.25) is 4.79 Å². The molecule has 2 aromatic carbocycles. The molecule has 0 saturated heterocycles. The Morgan fingerprint density at radius 1 is 0.964 bits per heavy atom. The molecule has 0 saturated carbocycles. The Hall–Kier alpha value is -3.48. The lowest BCUT2D eigenvalue weighted by Crippen LogP contribution is -2.20. The molecule has 1 heterocycles. The Balaban J connectivity index is 1.71. The molecule has 3 aromatic rings. The highest BCUT2D eigenvalue weighted by Crippen LogP contribution is 2.26. The van der Waals surface area contributed by atoms with Crippen LogP contribution in [0.1, 0.15) is 11.1 Å². The van der Waals surface area contributed by atoms with E-state index >= 15 is 0 Å². The van der Waals surface area contributed by atoms with E-state index in [2.05, 4.69) is 5.32 Å². The molecule has 146 valence electrons. The summed E-state index contributed by atoms with van der Waals surface area (Å²) in [5, 5.41) is 3.56. The average molecular weight is 383 g/mol. The molecule has 3 rings (SSSR count). The monoisotopic (exact) mass is 383 g/mol. The molecule has 0 aliphatic heterocycles. The van der Waals surface area contributed by atoms with E-state index in [0.29, 0.717) is 34.1 Å². The van der Waals surface area contributed by atoms with Gasteiger partial charge in [0.1, 0.15) is 22.8 Å². The second-order valence-corrected chi connectivity index (χ2v) is 6.24. The van der Waals surface area contributed by atoms with Gasteiger partial charge in [0.15, 0.2) is 6.61 Å². The number of fused-ring (bicyclic) bond motifs is 1. The summed E-state index contributed by atoms with van der Waals surface area (Å²) in [6, 6.07) is 10.2. The molecule has 0 fully saturated rings. The van der Waals surface area contributed by atoms with Crippen LogP contribution in [-0.2, 0) is 4.79 Å². The highest BCUT2D eigenvalue weighted by atomic mass is 16.5. The zero-order chi connectivity index (χ0) is 20.3. The number of ether oxygens (including phenoxy) is 3. The van der Waals surface area contributed by atoms with Crippen molar-refractivity contribution >= 4 is 22.6 Å². The van der Waals surface area contributed by atoms with E-state index in [1.165, 1.54) is 14.2 Å². The van der Waals surface area contributed by atoms with Gasteiger partial charge in [-0.15, -0.1) is 0 Å². The quantitative estimate of drug-likeness (QED) is 0.656. The number of anilines is 1. The van der Waals surface area contributed by atoms with Crippen LogP contribution in [0.5, 0.6) is 17.2 Å².